The van der Waals surface area contributed by atoms with Gasteiger partial charge in [0.2, 0.25) is 0 Å². The molecule has 1 aliphatic heterocycles. The molecule has 1 aromatic carbocycles. The first kappa shape index (κ1) is 21.6. The van der Waals surface area contributed by atoms with Crippen molar-refractivity contribution in [2.45, 2.75) is 18.8 Å². The van der Waals surface area contributed by atoms with Gasteiger partial charge in [0, 0.05) is 17.8 Å². The minimum Gasteiger partial charge on any atom is -0.496 e. The Labute approximate surface area is 182 Å². The second-order valence-electron chi connectivity index (χ2n) is 7.37. The molecular formula is C22H25ClN6O. The maximum atomic E-state index is 8.87. The first-order valence-electron chi connectivity index (χ1n) is 9.71. The number of benzene rings is 1. The minimum atomic E-state index is 0. The molecule has 0 radical (unpaired) electrons. The van der Waals surface area contributed by atoms with Gasteiger partial charge < -0.3 is 15.0 Å². The number of likely N-dealkylation sites (tertiary alicyclic amines) is 1. The van der Waals surface area contributed by atoms with Crippen LogP contribution in [0, 0.1) is 11.3 Å². The maximum Gasteiger partial charge on any atom is 0.153 e. The molecule has 1 aliphatic rings. The third kappa shape index (κ3) is 4.73. The van der Waals surface area contributed by atoms with E-state index in [4.69, 9.17) is 10.00 Å². The van der Waals surface area contributed by atoms with Gasteiger partial charge in [-0.05, 0) is 68.7 Å². The van der Waals surface area contributed by atoms with Gasteiger partial charge in [0.15, 0.2) is 5.82 Å². The number of H-pyrrole nitrogens is 1. The van der Waals surface area contributed by atoms with E-state index in [9.17, 15) is 0 Å². The zero-order chi connectivity index (χ0) is 20.2. The Balaban J connectivity index is 0.00000256. The highest BCUT2D eigenvalue weighted by Crippen LogP contribution is 2.35. The van der Waals surface area contributed by atoms with Gasteiger partial charge in [-0.15, -0.1) is 12.4 Å². The maximum absolute atomic E-state index is 8.87. The fraction of sp³-hybridized carbons (Fsp3) is 0.318. The van der Waals surface area contributed by atoms with E-state index in [1.165, 1.54) is 24.6 Å². The van der Waals surface area contributed by atoms with Gasteiger partial charge in [0.05, 0.1) is 18.4 Å². The van der Waals surface area contributed by atoms with Crippen molar-refractivity contribution in [1.29, 1.82) is 5.26 Å². The van der Waals surface area contributed by atoms with Gasteiger partial charge in [-0.3, -0.25) is 5.10 Å². The molecule has 0 bridgehead atoms. The summed E-state index contributed by atoms with van der Waals surface area (Å²) in [6.45, 7) is 2.27. The fourth-order valence-corrected chi connectivity index (χ4v) is 3.72. The van der Waals surface area contributed by atoms with E-state index in [0.29, 0.717) is 23.1 Å². The molecule has 1 saturated heterocycles. The third-order valence-electron chi connectivity index (χ3n) is 5.43. The number of ether oxygens (including phenoxy) is 1. The Bertz CT molecular complexity index is 1020. The molecule has 156 valence electrons. The number of piperidine rings is 1. The summed E-state index contributed by atoms with van der Waals surface area (Å²) in [5.74, 6) is 2.70. The van der Waals surface area contributed by atoms with Crippen LogP contribution in [-0.2, 0) is 0 Å². The van der Waals surface area contributed by atoms with Gasteiger partial charge in [0.25, 0.3) is 0 Å². The molecule has 4 rings (SSSR count). The lowest BCUT2D eigenvalue weighted by Gasteiger charge is -2.29. The number of pyridine rings is 1. The second-order valence-corrected chi connectivity index (χ2v) is 7.37. The SMILES string of the molecule is COc1cc(C2CCN(C)CC2)ccc1-c1cc(Nc2ccc(C#N)cn2)n[nH]1.Cl. The number of rotatable bonds is 5. The first-order valence-corrected chi connectivity index (χ1v) is 9.71. The topological polar surface area (TPSA) is 89.9 Å². The van der Waals surface area contributed by atoms with Crippen LogP contribution in [0.3, 0.4) is 0 Å². The Morgan fingerprint density at radius 1 is 1.17 bits per heavy atom. The molecular weight excluding hydrogens is 400 g/mol. The normalized spacial score (nSPS) is 14.6. The molecule has 0 unspecified atom stereocenters. The summed E-state index contributed by atoms with van der Waals surface area (Å²) in [6.07, 6.45) is 3.88. The molecule has 2 aromatic heterocycles. The van der Waals surface area contributed by atoms with Gasteiger partial charge in [-0.1, -0.05) is 6.07 Å². The van der Waals surface area contributed by atoms with Crippen LogP contribution < -0.4 is 10.1 Å². The fourth-order valence-electron chi connectivity index (χ4n) is 3.72. The summed E-state index contributed by atoms with van der Waals surface area (Å²) in [5, 5.41) is 19.4. The number of hydrogen-bond donors (Lipinski definition) is 2. The smallest absolute Gasteiger partial charge is 0.153 e. The Kier molecular flexibility index (Phi) is 6.93. The van der Waals surface area contributed by atoms with Gasteiger partial charge in [-0.25, -0.2) is 4.98 Å². The van der Waals surface area contributed by atoms with Gasteiger partial charge in [0.1, 0.15) is 17.6 Å². The molecule has 0 aliphatic carbocycles. The summed E-state index contributed by atoms with van der Waals surface area (Å²) in [4.78, 5) is 6.59. The van der Waals surface area contributed by atoms with E-state index >= 15 is 0 Å². The van der Waals surface area contributed by atoms with Crippen molar-refractivity contribution in [2.75, 3.05) is 32.6 Å². The lowest BCUT2D eigenvalue weighted by atomic mass is 9.88. The zero-order valence-electron chi connectivity index (χ0n) is 17.1. The van der Waals surface area contributed by atoms with Crippen molar-refractivity contribution in [1.82, 2.24) is 20.1 Å². The van der Waals surface area contributed by atoms with Crippen LogP contribution in [0.25, 0.3) is 11.3 Å². The summed E-state index contributed by atoms with van der Waals surface area (Å²) in [6, 6.07) is 13.9. The van der Waals surface area contributed by atoms with E-state index in [1.807, 2.05) is 6.07 Å². The third-order valence-corrected chi connectivity index (χ3v) is 5.43. The number of methoxy groups -OCH3 is 1. The number of nitriles is 1. The van der Waals surface area contributed by atoms with E-state index in [2.05, 4.69) is 56.7 Å². The van der Waals surface area contributed by atoms with Crippen LogP contribution in [0.5, 0.6) is 5.75 Å². The van der Waals surface area contributed by atoms with Crippen LogP contribution in [-0.4, -0.2) is 47.3 Å². The molecule has 0 amide bonds. The molecule has 3 heterocycles. The van der Waals surface area contributed by atoms with Crippen molar-refractivity contribution in [2.24, 2.45) is 0 Å². The number of aromatic nitrogens is 3. The van der Waals surface area contributed by atoms with Crippen molar-refractivity contribution in [3.05, 3.63) is 53.7 Å². The van der Waals surface area contributed by atoms with Crippen LogP contribution >= 0.6 is 12.4 Å². The highest BCUT2D eigenvalue weighted by molar-refractivity contribution is 5.85. The van der Waals surface area contributed by atoms with Crippen LogP contribution in [0.15, 0.2) is 42.6 Å². The average Bonchev–Trinajstić information content (AvgIpc) is 3.22. The molecule has 30 heavy (non-hydrogen) atoms. The standard InChI is InChI=1S/C22H24N6O.ClH/c1-28-9-7-16(8-10-28)17-4-5-18(20(11-17)29-2)19-12-22(27-26-19)25-21-6-3-15(13-23)14-24-21;/h3-6,11-12,14,16H,7-10H2,1-2H3,(H2,24,25,26,27);1H. The molecule has 3 aromatic rings. The first-order chi connectivity index (χ1) is 14.2. The molecule has 0 saturated carbocycles. The largest absolute Gasteiger partial charge is 0.496 e. The van der Waals surface area contributed by atoms with E-state index < -0.39 is 0 Å². The quantitative estimate of drug-likeness (QED) is 0.633. The lowest BCUT2D eigenvalue weighted by molar-refractivity contribution is 0.255. The van der Waals surface area contributed by atoms with Gasteiger partial charge >= 0.3 is 0 Å². The number of nitrogens with one attached hydrogen (secondary N) is 2. The van der Waals surface area contributed by atoms with Crippen molar-refractivity contribution in [3.63, 3.8) is 0 Å². The van der Waals surface area contributed by atoms with Crippen LogP contribution in [0.4, 0.5) is 11.6 Å². The van der Waals surface area contributed by atoms with E-state index in [1.54, 1.807) is 19.2 Å². The number of anilines is 2. The molecule has 7 nitrogen and oxygen atoms in total. The van der Waals surface area contributed by atoms with Crippen molar-refractivity contribution < 1.29 is 4.74 Å². The van der Waals surface area contributed by atoms with Crippen LogP contribution in [0.2, 0.25) is 0 Å². The molecule has 0 atom stereocenters. The molecule has 8 heteroatoms. The Morgan fingerprint density at radius 3 is 2.63 bits per heavy atom. The van der Waals surface area contributed by atoms with Crippen LogP contribution in [0.1, 0.15) is 29.9 Å². The van der Waals surface area contributed by atoms with Crippen molar-refractivity contribution in [3.8, 4) is 23.1 Å². The lowest BCUT2D eigenvalue weighted by Crippen LogP contribution is -2.29. The predicted molar refractivity (Wildman–Crippen MR) is 120 cm³/mol. The summed E-state index contributed by atoms with van der Waals surface area (Å²) < 4.78 is 5.68. The van der Waals surface area contributed by atoms with Gasteiger partial charge in [-0.2, -0.15) is 10.4 Å². The van der Waals surface area contributed by atoms with E-state index in [-0.39, 0.29) is 12.4 Å². The highest BCUT2D eigenvalue weighted by Gasteiger charge is 2.20. The van der Waals surface area contributed by atoms with E-state index in [0.717, 1.165) is 30.1 Å². The summed E-state index contributed by atoms with van der Waals surface area (Å²) in [7, 11) is 3.88. The number of hydrogen-bond acceptors (Lipinski definition) is 6. The Hall–Kier alpha value is -3.08. The molecule has 1 fully saturated rings. The van der Waals surface area contributed by atoms with Crippen molar-refractivity contribution >= 4 is 24.0 Å². The zero-order valence-corrected chi connectivity index (χ0v) is 17.9. The monoisotopic (exact) mass is 424 g/mol. The summed E-state index contributed by atoms with van der Waals surface area (Å²) >= 11 is 0. The molecule has 0 spiro atoms. The minimum absolute atomic E-state index is 0. The average molecular weight is 425 g/mol. The number of halogens is 1. The highest BCUT2D eigenvalue weighted by atomic mass is 35.5. The number of aromatic amines is 1. The Morgan fingerprint density at radius 2 is 1.97 bits per heavy atom. The molecule has 2 N–H and O–H groups in total. The number of nitrogens with zero attached hydrogens (tertiary/aromatic N) is 4. The second kappa shape index (κ2) is 9.61. The predicted octanol–water partition coefficient (Wildman–Crippen LogP) is 4.33. The summed E-state index contributed by atoms with van der Waals surface area (Å²) in [5.41, 5.74) is 3.69.